The lowest BCUT2D eigenvalue weighted by Gasteiger charge is -2.15. The van der Waals surface area contributed by atoms with Crippen LogP contribution < -0.4 is 4.74 Å². The fraction of sp³-hybridized carbons (Fsp3) is 0.333. The molecule has 0 aliphatic carbocycles. The molecular weight excluding hydrogens is 388 g/mol. The molecule has 2 aromatic carbocycles. The molecule has 152 valence electrons. The van der Waals surface area contributed by atoms with Gasteiger partial charge >= 0.3 is 0 Å². The van der Waals surface area contributed by atoms with Gasteiger partial charge in [0.2, 0.25) is 6.54 Å². The molecule has 0 fully saturated rings. The van der Waals surface area contributed by atoms with Crippen LogP contribution >= 0.6 is 11.8 Å². The summed E-state index contributed by atoms with van der Waals surface area (Å²) in [5, 5.41) is 20.0. The molecule has 0 N–H and O–H groups in total. The predicted molar refractivity (Wildman–Crippen MR) is 114 cm³/mol. The van der Waals surface area contributed by atoms with Crippen molar-refractivity contribution in [3.63, 3.8) is 0 Å². The summed E-state index contributed by atoms with van der Waals surface area (Å²) in [6.07, 6.45) is 0.929. The summed E-state index contributed by atoms with van der Waals surface area (Å²) in [5.74, 6) is 1.51. The Kier molecular flexibility index (Phi) is 6.87. The Balaban J connectivity index is 1.91. The SMILES string of the molecule is CCOc1ccc(-n2c(C)nnc2S[C@H](C[N+](=O)[O-])c2ccc(CC)cc2)cc1. The summed E-state index contributed by atoms with van der Waals surface area (Å²) in [7, 11) is 0. The van der Waals surface area contributed by atoms with Crippen LogP contribution in [-0.4, -0.2) is 32.8 Å². The maximum absolute atomic E-state index is 11.3. The van der Waals surface area contributed by atoms with E-state index in [9.17, 15) is 10.1 Å². The molecule has 8 heteroatoms. The van der Waals surface area contributed by atoms with Gasteiger partial charge in [0.05, 0.1) is 6.61 Å². The molecule has 0 unspecified atom stereocenters. The van der Waals surface area contributed by atoms with Gasteiger partial charge < -0.3 is 4.74 Å². The van der Waals surface area contributed by atoms with Crippen molar-refractivity contribution < 1.29 is 9.66 Å². The second kappa shape index (κ2) is 9.56. The van der Waals surface area contributed by atoms with Crippen LogP contribution in [0.25, 0.3) is 5.69 Å². The number of aryl methyl sites for hydroxylation is 2. The van der Waals surface area contributed by atoms with Crippen LogP contribution in [0.15, 0.2) is 53.7 Å². The molecule has 0 aliphatic heterocycles. The highest BCUT2D eigenvalue weighted by atomic mass is 32.2. The highest BCUT2D eigenvalue weighted by Crippen LogP contribution is 2.36. The molecule has 3 rings (SSSR count). The first-order valence-electron chi connectivity index (χ1n) is 9.54. The number of rotatable bonds is 9. The molecule has 0 radical (unpaired) electrons. The second-order valence-corrected chi connectivity index (χ2v) is 7.68. The number of nitro groups is 1. The quantitative estimate of drug-likeness (QED) is 0.289. The monoisotopic (exact) mass is 412 g/mol. The number of thioether (sulfide) groups is 1. The van der Waals surface area contributed by atoms with Crippen molar-refractivity contribution >= 4 is 11.8 Å². The molecule has 0 saturated heterocycles. The van der Waals surface area contributed by atoms with Crippen molar-refractivity contribution in [3.05, 3.63) is 75.6 Å². The maximum atomic E-state index is 11.3. The van der Waals surface area contributed by atoms with E-state index in [0.29, 0.717) is 11.8 Å². The zero-order chi connectivity index (χ0) is 20.8. The molecule has 7 nitrogen and oxygen atoms in total. The van der Waals surface area contributed by atoms with Crippen molar-refractivity contribution in [3.8, 4) is 11.4 Å². The Morgan fingerprint density at radius 1 is 1.10 bits per heavy atom. The van der Waals surface area contributed by atoms with Gasteiger partial charge in [-0.25, -0.2) is 0 Å². The summed E-state index contributed by atoms with van der Waals surface area (Å²) in [6, 6.07) is 15.6. The highest BCUT2D eigenvalue weighted by molar-refractivity contribution is 7.99. The van der Waals surface area contributed by atoms with E-state index in [1.807, 2.05) is 66.9 Å². The Labute approximate surface area is 174 Å². The molecule has 0 spiro atoms. The van der Waals surface area contributed by atoms with E-state index in [4.69, 9.17) is 4.74 Å². The molecule has 29 heavy (non-hydrogen) atoms. The van der Waals surface area contributed by atoms with Gasteiger partial charge in [0.1, 0.15) is 16.8 Å². The Morgan fingerprint density at radius 2 is 1.79 bits per heavy atom. The lowest BCUT2D eigenvalue weighted by Crippen LogP contribution is -2.11. The Bertz CT molecular complexity index is 955. The average molecular weight is 413 g/mol. The maximum Gasteiger partial charge on any atom is 0.220 e. The minimum absolute atomic E-state index is 0.189. The van der Waals surface area contributed by atoms with Gasteiger partial charge in [0, 0.05) is 10.6 Å². The third-order valence-corrected chi connectivity index (χ3v) is 5.70. The molecule has 1 aromatic heterocycles. The molecule has 1 heterocycles. The summed E-state index contributed by atoms with van der Waals surface area (Å²) in [4.78, 5) is 11.0. The highest BCUT2D eigenvalue weighted by Gasteiger charge is 2.23. The molecule has 0 amide bonds. The molecular formula is C21H24N4O3S. The third-order valence-electron chi connectivity index (χ3n) is 4.52. The van der Waals surface area contributed by atoms with E-state index in [2.05, 4.69) is 17.1 Å². The minimum Gasteiger partial charge on any atom is -0.494 e. The van der Waals surface area contributed by atoms with E-state index in [1.54, 1.807) is 0 Å². The van der Waals surface area contributed by atoms with Gasteiger partial charge in [-0.1, -0.05) is 43.0 Å². The lowest BCUT2D eigenvalue weighted by molar-refractivity contribution is -0.479. The normalized spacial score (nSPS) is 12.0. The van der Waals surface area contributed by atoms with Gasteiger partial charge in [-0.05, 0) is 55.7 Å². The number of ether oxygens (including phenoxy) is 1. The number of hydrogen-bond acceptors (Lipinski definition) is 6. The second-order valence-electron chi connectivity index (χ2n) is 6.51. The number of aromatic nitrogens is 3. The molecule has 0 bridgehead atoms. The number of nitrogens with zero attached hydrogens (tertiary/aromatic N) is 4. The number of benzene rings is 2. The summed E-state index contributed by atoms with van der Waals surface area (Å²) >= 11 is 1.36. The van der Waals surface area contributed by atoms with Crippen molar-refractivity contribution in [2.45, 2.75) is 37.6 Å². The summed E-state index contributed by atoms with van der Waals surface area (Å²) in [5.41, 5.74) is 2.99. The first-order chi connectivity index (χ1) is 14.0. The summed E-state index contributed by atoms with van der Waals surface area (Å²) in [6.45, 7) is 6.30. The van der Waals surface area contributed by atoms with Crippen LogP contribution in [0, 0.1) is 17.0 Å². The fourth-order valence-corrected chi connectivity index (χ4v) is 4.19. The van der Waals surface area contributed by atoms with Gasteiger partial charge in [-0.15, -0.1) is 10.2 Å². The van der Waals surface area contributed by atoms with Crippen LogP contribution in [0.2, 0.25) is 0 Å². The first kappa shape index (κ1) is 20.9. The van der Waals surface area contributed by atoms with Crippen LogP contribution in [0.3, 0.4) is 0 Å². The van der Waals surface area contributed by atoms with E-state index in [0.717, 1.165) is 29.2 Å². The minimum atomic E-state index is -0.360. The number of hydrogen-bond donors (Lipinski definition) is 0. The van der Waals surface area contributed by atoms with Crippen LogP contribution in [0.4, 0.5) is 0 Å². The zero-order valence-corrected chi connectivity index (χ0v) is 17.6. The van der Waals surface area contributed by atoms with Crippen LogP contribution in [0.1, 0.15) is 36.0 Å². The topological polar surface area (TPSA) is 83.1 Å². The standard InChI is InChI=1S/C21H24N4O3S/c1-4-16-6-8-17(9-7-16)20(14-24(26)27)29-21-23-22-15(3)25(21)18-10-12-19(13-11-18)28-5-2/h6-13,20H,4-5,14H2,1-3H3/t20-/m1/s1. The Morgan fingerprint density at radius 3 is 2.38 bits per heavy atom. The summed E-state index contributed by atoms with van der Waals surface area (Å²) < 4.78 is 7.41. The predicted octanol–water partition coefficient (Wildman–Crippen LogP) is 4.65. The van der Waals surface area contributed by atoms with Gasteiger partial charge in [-0.3, -0.25) is 14.7 Å². The van der Waals surface area contributed by atoms with E-state index >= 15 is 0 Å². The first-order valence-corrected chi connectivity index (χ1v) is 10.4. The van der Waals surface area contributed by atoms with Crippen molar-refractivity contribution in [2.24, 2.45) is 0 Å². The molecule has 0 saturated carbocycles. The average Bonchev–Trinajstić information content (AvgIpc) is 3.08. The van der Waals surface area contributed by atoms with Gasteiger partial charge in [0.15, 0.2) is 5.16 Å². The van der Waals surface area contributed by atoms with Crippen molar-refractivity contribution in [1.82, 2.24) is 14.8 Å². The molecule has 0 aliphatic rings. The molecule has 1 atom stereocenters. The van der Waals surface area contributed by atoms with E-state index in [-0.39, 0.29) is 16.7 Å². The molecule has 3 aromatic rings. The van der Waals surface area contributed by atoms with Crippen LogP contribution in [-0.2, 0) is 6.42 Å². The lowest BCUT2D eigenvalue weighted by atomic mass is 10.1. The van der Waals surface area contributed by atoms with Crippen LogP contribution in [0.5, 0.6) is 5.75 Å². The Hall–Kier alpha value is -2.87. The third kappa shape index (κ3) is 5.14. The van der Waals surface area contributed by atoms with Crippen molar-refractivity contribution in [1.29, 1.82) is 0 Å². The van der Waals surface area contributed by atoms with Gasteiger partial charge in [0.25, 0.3) is 0 Å². The van der Waals surface area contributed by atoms with E-state index < -0.39 is 0 Å². The smallest absolute Gasteiger partial charge is 0.220 e. The zero-order valence-electron chi connectivity index (χ0n) is 16.7. The van der Waals surface area contributed by atoms with Gasteiger partial charge in [-0.2, -0.15) is 0 Å². The van der Waals surface area contributed by atoms with Crippen molar-refractivity contribution in [2.75, 3.05) is 13.2 Å². The largest absolute Gasteiger partial charge is 0.494 e. The van der Waals surface area contributed by atoms with E-state index in [1.165, 1.54) is 17.3 Å². The fourth-order valence-electron chi connectivity index (χ4n) is 3.02.